The van der Waals surface area contributed by atoms with Crippen LogP contribution < -0.4 is 31.0 Å². The monoisotopic (exact) mass is 357 g/mol. The van der Waals surface area contributed by atoms with Crippen molar-refractivity contribution in [2.45, 2.75) is 19.8 Å². The zero-order chi connectivity index (χ0) is 18.7. The Kier molecular flexibility index (Phi) is 5.13. The number of H-pyrrole nitrogens is 1. The van der Waals surface area contributed by atoms with Crippen LogP contribution in [0, 0.1) is 6.21 Å². The summed E-state index contributed by atoms with van der Waals surface area (Å²) in [6, 6.07) is 5.91. The van der Waals surface area contributed by atoms with Gasteiger partial charge >= 0.3 is 5.82 Å². The van der Waals surface area contributed by atoms with Crippen molar-refractivity contribution in [1.82, 2.24) is 5.10 Å². The van der Waals surface area contributed by atoms with Gasteiger partial charge in [0.2, 0.25) is 5.91 Å². The number of nitrogen functional groups attached to an aromatic ring is 1. The number of benzene rings is 1. The number of aromatic amines is 1. The second-order valence-corrected chi connectivity index (χ2v) is 6.32. The number of amides is 1. The molecule has 8 nitrogen and oxygen atoms in total. The molecule has 1 fully saturated rings. The van der Waals surface area contributed by atoms with Crippen LogP contribution in [-0.4, -0.2) is 35.8 Å². The van der Waals surface area contributed by atoms with Gasteiger partial charge in [-0.1, -0.05) is 6.58 Å². The summed E-state index contributed by atoms with van der Waals surface area (Å²) in [4.78, 5) is 13.9. The summed E-state index contributed by atoms with van der Waals surface area (Å²) in [6.45, 7) is 7.31. The molecule has 2 heterocycles. The van der Waals surface area contributed by atoms with Gasteiger partial charge < -0.3 is 20.6 Å². The SMILES string of the molecule is C=c1[nH][n+](=CCO)c(N)c1Nc1ccc(N2CCCC2)cc1NC(C)=O. The van der Waals surface area contributed by atoms with E-state index in [4.69, 9.17) is 10.8 Å². The Morgan fingerprint density at radius 1 is 1.42 bits per heavy atom. The lowest BCUT2D eigenvalue weighted by atomic mass is 10.2. The van der Waals surface area contributed by atoms with Crippen LogP contribution in [-0.2, 0) is 4.79 Å². The maximum Gasteiger partial charge on any atom is 0.322 e. The molecule has 0 bridgehead atoms. The van der Waals surface area contributed by atoms with Gasteiger partial charge in [0, 0.05) is 25.7 Å². The van der Waals surface area contributed by atoms with Crippen LogP contribution >= 0.6 is 0 Å². The molecule has 138 valence electrons. The zero-order valence-corrected chi connectivity index (χ0v) is 14.9. The number of nitrogens with zero attached hydrogens (tertiary/aromatic N) is 2. The first-order valence-electron chi connectivity index (χ1n) is 8.62. The number of aromatic nitrogens is 2. The molecule has 26 heavy (non-hydrogen) atoms. The van der Waals surface area contributed by atoms with Gasteiger partial charge in [-0.05, 0) is 31.0 Å². The van der Waals surface area contributed by atoms with Crippen molar-refractivity contribution in [2.24, 2.45) is 0 Å². The molecule has 1 saturated heterocycles. The van der Waals surface area contributed by atoms with Crippen LogP contribution in [0.25, 0.3) is 6.58 Å². The van der Waals surface area contributed by atoms with E-state index in [1.54, 1.807) is 0 Å². The minimum atomic E-state index is -0.157. The number of nitrogens with one attached hydrogen (secondary N) is 3. The average Bonchev–Trinajstić information content (AvgIpc) is 3.21. The molecular weight excluding hydrogens is 332 g/mol. The molecule has 8 heteroatoms. The third-order valence-corrected chi connectivity index (χ3v) is 4.38. The van der Waals surface area contributed by atoms with E-state index in [0.717, 1.165) is 24.5 Å². The van der Waals surface area contributed by atoms with Crippen LogP contribution in [0.2, 0.25) is 0 Å². The summed E-state index contributed by atoms with van der Waals surface area (Å²) in [5.74, 6) is 0.244. The molecular formula is C18H25N6O2+. The predicted molar refractivity (Wildman–Crippen MR) is 103 cm³/mol. The Bertz CT molecular complexity index is 914. The maximum absolute atomic E-state index is 11.6. The lowest BCUT2D eigenvalue weighted by Crippen LogP contribution is -2.25. The predicted octanol–water partition coefficient (Wildman–Crippen LogP) is 0.599. The molecule has 1 aromatic heterocycles. The average molecular weight is 357 g/mol. The number of carbonyl (C=O) groups excluding carboxylic acids is 1. The molecule has 1 aromatic carbocycles. The van der Waals surface area contributed by atoms with E-state index in [1.165, 1.54) is 30.3 Å². The van der Waals surface area contributed by atoms with Crippen LogP contribution in [0.15, 0.2) is 18.2 Å². The minimum absolute atomic E-state index is 0.146. The Labute approximate surface area is 151 Å². The molecule has 0 spiro atoms. The van der Waals surface area contributed by atoms with Gasteiger partial charge in [0.15, 0.2) is 5.69 Å². The van der Waals surface area contributed by atoms with Crippen molar-refractivity contribution in [2.75, 3.05) is 41.0 Å². The van der Waals surface area contributed by atoms with Crippen LogP contribution in [0.5, 0.6) is 0 Å². The summed E-state index contributed by atoms with van der Waals surface area (Å²) in [6.07, 6.45) is 3.86. The quantitative estimate of drug-likeness (QED) is 0.503. The Hall–Kier alpha value is -3.00. The van der Waals surface area contributed by atoms with Gasteiger partial charge in [0.05, 0.1) is 16.7 Å². The molecule has 1 amide bonds. The zero-order valence-electron chi connectivity index (χ0n) is 14.9. The minimum Gasteiger partial charge on any atom is -0.388 e. The highest BCUT2D eigenvalue weighted by Crippen LogP contribution is 2.31. The third kappa shape index (κ3) is 3.65. The summed E-state index contributed by atoms with van der Waals surface area (Å²) >= 11 is 0. The van der Waals surface area contributed by atoms with Crippen LogP contribution in [0.3, 0.4) is 0 Å². The van der Waals surface area contributed by atoms with Gasteiger partial charge in [-0.3, -0.25) is 10.5 Å². The second-order valence-electron chi connectivity index (χ2n) is 6.32. The van der Waals surface area contributed by atoms with Crippen molar-refractivity contribution in [3.05, 3.63) is 29.8 Å². The number of anilines is 5. The highest BCUT2D eigenvalue weighted by Gasteiger charge is 2.17. The molecule has 6 N–H and O–H groups in total. The van der Waals surface area contributed by atoms with E-state index in [9.17, 15) is 4.79 Å². The Morgan fingerprint density at radius 2 is 2.15 bits per heavy atom. The first-order chi connectivity index (χ1) is 12.5. The Balaban J connectivity index is 1.97. The molecule has 1 aliphatic heterocycles. The van der Waals surface area contributed by atoms with E-state index in [2.05, 4.69) is 27.2 Å². The van der Waals surface area contributed by atoms with Gasteiger partial charge in [0.25, 0.3) is 0 Å². The van der Waals surface area contributed by atoms with Crippen molar-refractivity contribution < 1.29 is 14.3 Å². The van der Waals surface area contributed by atoms with Crippen LogP contribution in [0.4, 0.5) is 28.6 Å². The molecule has 3 rings (SSSR count). The number of hydrogen-bond donors (Lipinski definition) is 5. The van der Waals surface area contributed by atoms with E-state index in [0.29, 0.717) is 22.5 Å². The number of hydrogen-bond acceptors (Lipinski definition) is 5. The first-order valence-corrected chi connectivity index (χ1v) is 8.62. The number of carbonyl (C=O) groups is 1. The third-order valence-electron chi connectivity index (χ3n) is 4.38. The fourth-order valence-corrected chi connectivity index (χ4v) is 3.14. The van der Waals surface area contributed by atoms with Crippen molar-refractivity contribution in [3.63, 3.8) is 0 Å². The van der Waals surface area contributed by atoms with Gasteiger partial charge in [0.1, 0.15) is 12.8 Å². The highest BCUT2D eigenvalue weighted by molar-refractivity contribution is 5.94. The number of nitrogens with two attached hydrogens (primary N) is 1. The standard InChI is InChI=1S/C18H24N6O2/c1-12-17(18(19)24(22-12)9-10-25)21-15-6-5-14(23-7-3-4-8-23)11-16(15)20-13(2)26/h5-6,9,11,21-22,25H,1,3-4,7-8,10,19H2,2H3/p+1. The smallest absolute Gasteiger partial charge is 0.322 e. The number of aliphatic hydroxyl groups is 1. The maximum atomic E-state index is 11.6. The van der Waals surface area contributed by atoms with E-state index in [-0.39, 0.29) is 12.5 Å². The normalized spacial score (nSPS) is 14.7. The summed E-state index contributed by atoms with van der Waals surface area (Å²) in [5, 5.41) is 18.7. The van der Waals surface area contributed by atoms with E-state index < -0.39 is 0 Å². The first kappa shape index (κ1) is 17.8. The molecule has 0 aliphatic carbocycles. The summed E-state index contributed by atoms with van der Waals surface area (Å²) < 4.78 is 1.50. The second kappa shape index (κ2) is 7.49. The molecule has 0 unspecified atom stereocenters. The molecule has 2 aromatic rings. The lowest BCUT2D eigenvalue weighted by Gasteiger charge is -2.20. The molecule has 0 saturated carbocycles. The van der Waals surface area contributed by atoms with Crippen molar-refractivity contribution in [1.29, 1.82) is 0 Å². The van der Waals surface area contributed by atoms with E-state index in [1.807, 2.05) is 18.2 Å². The summed E-state index contributed by atoms with van der Waals surface area (Å²) in [7, 11) is 0. The van der Waals surface area contributed by atoms with Crippen molar-refractivity contribution >= 4 is 41.1 Å². The fourth-order valence-electron chi connectivity index (χ4n) is 3.14. The lowest BCUT2D eigenvalue weighted by molar-refractivity contribution is -0.561. The Morgan fingerprint density at radius 3 is 2.81 bits per heavy atom. The largest absolute Gasteiger partial charge is 0.388 e. The molecule has 1 aliphatic rings. The molecule has 0 radical (unpaired) electrons. The van der Waals surface area contributed by atoms with Crippen LogP contribution in [0.1, 0.15) is 19.8 Å². The van der Waals surface area contributed by atoms with Gasteiger partial charge in [-0.25, -0.2) is 5.10 Å². The topological polar surface area (TPSA) is 112 Å². The van der Waals surface area contributed by atoms with Gasteiger partial charge in [-0.15, -0.1) is 4.36 Å². The van der Waals surface area contributed by atoms with Crippen molar-refractivity contribution in [3.8, 4) is 0 Å². The van der Waals surface area contributed by atoms with E-state index >= 15 is 0 Å². The van der Waals surface area contributed by atoms with Gasteiger partial charge in [-0.2, -0.15) is 0 Å². The fraction of sp³-hybridized carbons (Fsp3) is 0.333. The summed E-state index contributed by atoms with van der Waals surface area (Å²) in [5.41, 5.74) is 9.18. The molecule has 0 atom stereocenters. The number of rotatable bonds is 5. The number of aliphatic hydroxyl groups excluding tert-OH is 1. The highest BCUT2D eigenvalue weighted by atomic mass is 16.3.